The Morgan fingerprint density at radius 2 is 1.79 bits per heavy atom. The molecular weight excluding hydrogens is 266 g/mol. The number of hydrogen-bond acceptors (Lipinski definition) is 5. The molecule has 0 saturated carbocycles. The molecule has 1 aromatic carbocycles. The zero-order valence-corrected chi connectivity index (χ0v) is 12.6. The summed E-state index contributed by atoms with van der Waals surface area (Å²) in [5, 5.41) is 3.23. The van der Waals surface area contributed by atoms with Crippen molar-refractivity contribution >= 4 is 10.8 Å². The van der Waals surface area contributed by atoms with Crippen LogP contribution in [0.15, 0.2) is 12.1 Å². The Kier molecular flexibility index (Phi) is 6.66. The summed E-state index contributed by atoms with van der Waals surface area (Å²) in [7, 11) is 3.99. The van der Waals surface area contributed by atoms with Gasteiger partial charge in [0.25, 0.3) is 0 Å². The first kappa shape index (κ1) is 15.8. The maximum atomic E-state index is 11.0. The Balaban J connectivity index is 2.80. The predicted octanol–water partition coefficient (Wildman–Crippen LogP) is 1.18. The van der Waals surface area contributed by atoms with Crippen LogP contribution >= 0.6 is 0 Å². The minimum atomic E-state index is -0.780. The summed E-state index contributed by atoms with van der Waals surface area (Å²) in [6, 6.07) is 3.77. The van der Waals surface area contributed by atoms with Crippen molar-refractivity contribution in [2.24, 2.45) is 0 Å². The van der Waals surface area contributed by atoms with E-state index in [9.17, 15) is 4.21 Å². The van der Waals surface area contributed by atoms with Gasteiger partial charge < -0.3 is 19.5 Å². The number of benzene rings is 1. The van der Waals surface area contributed by atoms with E-state index in [2.05, 4.69) is 5.32 Å². The molecule has 0 aliphatic rings. The molecule has 1 rings (SSSR count). The van der Waals surface area contributed by atoms with Crippen LogP contribution in [0.5, 0.6) is 17.2 Å². The lowest BCUT2D eigenvalue weighted by Gasteiger charge is -2.16. The summed E-state index contributed by atoms with van der Waals surface area (Å²) in [6.07, 6.45) is 1.69. The molecule has 0 amide bonds. The number of rotatable bonds is 8. The summed E-state index contributed by atoms with van der Waals surface area (Å²) in [5.74, 6) is 2.52. The second kappa shape index (κ2) is 8.01. The first-order valence-electron chi connectivity index (χ1n) is 5.92. The summed E-state index contributed by atoms with van der Waals surface area (Å²) >= 11 is 0. The standard InChI is InChI=1S/C13H21NO4S/c1-16-11-6-5-10(9-14-7-8-19(4)15)12(17-2)13(11)18-3/h5-6,14H,7-9H2,1-4H3. The Morgan fingerprint density at radius 3 is 2.32 bits per heavy atom. The van der Waals surface area contributed by atoms with E-state index in [-0.39, 0.29) is 0 Å². The van der Waals surface area contributed by atoms with Gasteiger partial charge in [0.15, 0.2) is 11.5 Å². The highest BCUT2D eigenvalue weighted by molar-refractivity contribution is 7.84. The largest absolute Gasteiger partial charge is 0.493 e. The molecule has 19 heavy (non-hydrogen) atoms. The van der Waals surface area contributed by atoms with Crippen molar-refractivity contribution in [1.29, 1.82) is 0 Å². The van der Waals surface area contributed by atoms with Gasteiger partial charge in [0.1, 0.15) is 0 Å². The molecule has 0 fully saturated rings. The van der Waals surface area contributed by atoms with Gasteiger partial charge in [-0.25, -0.2) is 0 Å². The first-order chi connectivity index (χ1) is 9.13. The van der Waals surface area contributed by atoms with Crippen molar-refractivity contribution in [3.05, 3.63) is 17.7 Å². The van der Waals surface area contributed by atoms with E-state index in [1.807, 2.05) is 12.1 Å². The molecule has 0 aliphatic carbocycles. The molecular formula is C13H21NO4S. The van der Waals surface area contributed by atoms with Crippen LogP contribution in [0.2, 0.25) is 0 Å². The Morgan fingerprint density at radius 1 is 1.11 bits per heavy atom. The molecule has 0 aromatic heterocycles. The molecule has 1 unspecified atom stereocenters. The van der Waals surface area contributed by atoms with Crippen LogP contribution < -0.4 is 19.5 Å². The van der Waals surface area contributed by atoms with Crippen LogP contribution in [-0.2, 0) is 17.3 Å². The van der Waals surface area contributed by atoms with Gasteiger partial charge >= 0.3 is 0 Å². The molecule has 1 N–H and O–H groups in total. The zero-order chi connectivity index (χ0) is 14.3. The van der Waals surface area contributed by atoms with Crippen LogP contribution in [0.4, 0.5) is 0 Å². The van der Waals surface area contributed by atoms with Gasteiger partial charge in [0, 0.05) is 41.5 Å². The Hall–Kier alpha value is -1.27. The molecule has 0 heterocycles. The van der Waals surface area contributed by atoms with Crippen molar-refractivity contribution in [1.82, 2.24) is 5.32 Å². The zero-order valence-electron chi connectivity index (χ0n) is 11.8. The van der Waals surface area contributed by atoms with Gasteiger partial charge in [-0.05, 0) is 6.07 Å². The lowest BCUT2D eigenvalue weighted by atomic mass is 10.1. The van der Waals surface area contributed by atoms with Gasteiger partial charge in [-0.1, -0.05) is 6.07 Å². The summed E-state index contributed by atoms with van der Waals surface area (Å²) < 4.78 is 26.9. The predicted molar refractivity (Wildman–Crippen MR) is 76.7 cm³/mol. The highest BCUT2D eigenvalue weighted by atomic mass is 32.2. The fourth-order valence-corrected chi connectivity index (χ4v) is 2.17. The molecule has 1 aromatic rings. The molecule has 0 saturated heterocycles. The van der Waals surface area contributed by atoms with Crippen molar-refractivity contribution in [2.75, 3.05) is 39.9 Å². The average Bonchev–Trinajstić information content (AvgIpc) is 2.42. The second-order valence-corrected chi connectivity index (χ2v) is 5.50. The monoisotopic (exact) mass is 287 g/mol. The SMILES string of the molecule is COc1ccc(CNCCS(C)=O)c(OC)c1OC. The fourth-order valence-electron chi connectivity index (χ4n) is 1.74. The molecule has 6 heteroatoms. The highest BCUT2D eigenvalue weighted by Gasteiger charge is 2.15. The van der Waals surface area contributed by atoms with E-state index < -0.39 is 10.8 Å². The van der Waals surface area contributed by atoms with Crippen LogP contribution in [0.3, 0.4) is 0 Å². The maximum Gasteiger partial charge on any atom is 0.203 e. The minimum Gasteiger partial charge on any atom is -0.493 e. The van der Waals surface area contributed by atoms with Gasteiger partial charge in [-0.2, -0.15) is 0 Å². The van der Waals surface area contributed by atoms with Crippen molar-refractivity contribution < 1.29 is 18.4 Å². The van der Waals surface area contributed by atoms with Gasteiger partial charge in [-0.15, -0.1) is 0 Å². The maximum absolute atomic E-state index is 11.0. The smallest absolute Gasteiger partial charge is 0.203 e. The van der Waals surface area contributed by atoms with E-state index in [0.717, 1.165) is 5.56 Å². The van der Waals surface area contributed by atoms with Crippen LogP contribution in [0.1, 0.15) is 5.56 Å². The number of nitrogens with one attached hydrogen (secondary N) is 1. The molecule has 0 aliphatic heterocycles. The molecule has 5 nitrogen and oxygen atoms in total. The van der Waals surface area contributed by atoms with E-state index in [0.29, 0.717) is 36.1 Å². The molecule has 1 atom stereocenters. The van der Waals surface area contributed by atoms with E-state index in [1.54, 1.807) is 27.6 Å². The topological polar surface area (TPSA) is 56.8 Å². The van der Waals surface area contributed by atoms with Gasteiger partial charge in [-0.3, -0.25) is 4.21 Å². The third-order valence-corrected chi connectivity index (χ3v) is 3.45. The van der Waals surface area contributed by atoms with Gasteiger partial charge in [0.05, 0.1) is 21.3 Å². The molecule has 108 valence electrons. The highest BCUT2D eigenvalue weighted by Crippen LogP contribution is 2.39. The second-order valence-electron chi connectivity index (χ2n) is 3.95. The number of ether oxygens (including phenoxy) is 3. The Bertz CT molecular complexity index is 437. The normalized spacial score (nSPS) is 12.0. The first-order valence-corrected chi connectivity index (χ1v) is 7.65. The third-order valence-electron chi connectivity index (χ3n) is 2.67. The molecule has 0 spiro atoms. The van der Waals surface area contributed by atoms with Crippen LogP contribution in [0.25, 0.3) is 0 Å². The fraction of sp³-hybridized carbons (Fsp3) is 0.538. The number of hydrogen-bond donors (Lipinski definition) is 1. The third kappa shape index (κ3) is 4.40. The van der Waals surface area contributed by atoms with E-state index in [4.69, 9.17) is 14.2 Å². The van der Waals surface area contributed by atoms with Crippen LogP contribution in [0, 0.1) is 0 Å². The van der Waals surface area contributed by atoms with Gasteiger partial charge in [0.2, 0.25) is 5.75 Å². The van der Waals surface area contributed by atoms with Crippen molar-refractivity contribution in [3.8, 4) is 17.2 Å². The Labute approximate surface area is 116 Å². The molecule has 0 bridgehead atoms. The summed E-state index contributed by atoms with van der Waals surface area (Å²) in [5.41, 5.74) is 0.974. The minimum absolute atomic E-state index is 0.586. The summed E-state index contributed by atoms with van der Waals surface area (Å²) in [4.78, 5) is 0. The average molecular weight is 287 g/mol. The van der Waals surface area contributed by atoms with E-state index in [1.165, 1.54) is 0 Å². The van der Waals surface area contributed by atoms with Crippen molar-refractivity contribution in [2.45, 2.75) is 6.54 Å². The van der Waals surface area contributed by atoms with Crippen LogP contribution in [-0.4, -0.2) is 44.1 Å². The van der Waals surface area contributed by atoms with E-state index >= 15 is 0 Å². The molecule has 0 radical (unpaired) electrons. The van der Waals surface area contributed by atoms with Crippen molar-refractivity contribution in [3.63, 3.8) is 0 Å². The summed E-state index contributed by atoms with van der Waals surface area (Å²) in [6.45, 7) is 1.32. The number of methoxy groups -OCH3 is 3. The quantitative estimate of drug-likeness (QED) is 0.728. The lowest BCUT2D eigenvalue weighted by Crippen LogP contribution is -2.20. The lowest BCUT2D eigenvalue weighted by molar-refractivity contribution is 0.321.